The van der Waals surface area contributed by atoms with E-state index in [4.69, 9.17) is 9.26 Å². The fraction of sp³-hybridized carbons (Fsp3) is 0.583. The molecule has 2 rings (SSSR count). The molecule has 1 heterocycles. The molecule has 1 aliphatic rings. The Labute approximate surface area is 99.1 Å². The van der Waals surface area contributed by atoms with Crippen LogP contribution in [0.1, 0.15) is 60.2 Å². The van der Waals surface area contributed by atoms with Gasteiger partial charge in [-0.25, -0.2) is 4.79 Å². The van der Waals surface area contributed by atoms with Crippen molar-refractivity contribution in [2.45, 2.75) is 39.0 Å². The molecule has 0 radical (unpaired) electrons. The van der Waals surface area contributed by atoms with Crippen LogP contribution < -0.4 is 0 Å². The minimum absolute atomic E-state index is 0.0694. The SMILES string of the molecule is CCOC(=O)c1onc2c1C(C)(C)CCC2=O. The number of ether oxygens (including phenoxy) is 1. The number of nitrogens with zero attached hydrogens (tertiary/aromatic N) is 1. The highest BCUT2D eigenvalue weighted by Crippen LogP contribution is 2.38. The normalized spacial score (nSPS) is 17.7. The molecule has 0 fully saturated rings. The second-order valence-electron chi connectivity index (χ2n) is 4.76. The van der Waals surface area contributed by atoms with Crippen molar-refractivity contribution in [1.82, 2.24) is 5.16 Å². The van der Waals surface area contributed by atoms with E-state index in [1.165, 1.54) is 0 Å². The summed E-state index contributed by atoms with van der Waals surface area (Å²) in [7, 11) is 0. The Kier molecular flexibility index (Phi) is 2.77. The minimum atomic E-state index is -0.552. The maximum absolute atomic E-state index is 11.7. The fourth-order valence-corrected chi connectivity index (χ4v) is 2.11. The van der Waals surface area contributed by atoms with Crippen LogP contribution in [0.15, 0.2) is 4.52 Å². The van der Waals surface area contributed by atoms with Crippen LogP contribution in [-0.4, -0.2) is 23.5 Å². The summed E-state index contributed by atoms with van der Waals surface area (Å²) < 4.78 is 9.89. The molecule has 0 aliphatic heterocycles. The topological polar surface area (TPSA) is 69.4 Å². The Morgan fingerprint density at radius 2 is 2.24 bits per heavy atom. The van der Waals surface area contributed by atoms with Gasteiger partial charge in [0.05, 0.1) is 6.61 Å². The van der Waals surface area contributed by atoms with Crippen LogP contribution in [0, 0.1) is 0 Å². The van der Waals surface area contributed by atoms with Gasteiger partial charge in [0, 0.05) is 12.0 Å². The number of Topliss-reactive ketones (excluding diaryl/α,β-unsaturated/α-hetero) is 1. The van der Waals surface area contributed by atoms with Gasteiger partial charge in [0.15, 0.2) is 11.5 Å². The summed E-state index contributed by atoms with van der Waals surface area (Å²) in [6, 6.07) is 0. The van der Waals surface area contributed by atoms with Crippen molar-refractivity contribution in [2.75, 3.05) is 6.61 Å². The van der Waals surface area contributed by atoms with E-state index in [1.54, 1.807) is 6.92 Å². The van der Waals surface area contributed by atoms with Gasteiger partial charge in [0.2, 0.25) is 5.76 Å². The summed E-state index contributed by atoms with van der Waals surface area (Å²) in [6.07, 6.45) is 1.13. The van der Waals surface area contributed by atoms with Crippen LogP contribution in [0.2, 0.25) is 0 Å². The summed E-state index contributed by atoms with van der Waals surface area (Å²) >= 11 is 0. The van der Waals surface area contributed by atoms with Gasteiger partial charge in [-0.05, 0) is 18.8 Å². The molecular formula is C12H15NO4. The molecule has 1 aliphatic carbocycles. The second kappa shape index (κ2) is 3.98. The molecule has 5 heteroatoms. The Morgan fingerprint density at radius 3 is 2.88 bits per heavy atom. The van der Waals surface area contributed by atoms with Crippen molar-refractivity contribution in [1.29, 1.82) is 0 Å². The Balaban J connectivity index is 2.51. The number of carbonyl (C=O) groups excluding carboxylic acids is 2. The Bertz CT molecular complexity index is 473. The zero-order chi connectivity index (χ0) is 12.6. The molecule has 5 nitrogen and oxygen atoms in total. The Hall–Kier alpha value is -1.65. The van der Waals surface area contributed by atoms with E-state index in [0.717, 1.165) is 0 Å². The lowest BCUT2D eigenvalue weighted by Crippen LogP contribution is -2.28. The largest absolute Gasteiger partial charge is 0.460 e. The highest BCUT2D eigenvalue weighted by Gasteiger charge is 2.40. The van der Waals surface area contributed by atoms with E-state index in [9.17, 15) is 9.59 Å². The van der Waals surface area contributed by atoms with Crippen LogP contribution in [0.4, 0.5) is 0 Å². The standard InChI is InChI=1S/C12H15NO4/c1-4-16-11(15)10-8-9(13-17-10)7(14)5-6-12(8,2)3/h4-6H2,1-3H3. The number of rotatable bonds is 2. The van der Waals surface area contributed by atoms with Crippen LogP contribution in [0.25, 0.3) is 0 Å². The number of hydrogen-bond donors (Lipinski definition) is 0. The van der Waals surface area contributed by atoms with Gasteiger partial charge in [-0.2, -0.15) is 0 Å². The van der Waals surface area contributed by atoms with Gasteiger partial charge in [0.1, 0.15) is 0 Å². The lowest BCUT2D eigenvalue weighted by molar-refractivity contribution is 0.0475. The van der Waals surface area contributed by atoms with Crippen molar-refractivity contribution < 1.29 is 18.8 Å². The molecule has 1 aromatic heterocycles. The highest BCUT2D eigenvalue weighted by molar-refractivity contribution is 6.00. The first-order valence-corrected chi connectivity index (χ1v) is 5.68. The van der Waals surface area contributed by atoms with Gasteiger partial charge in [-0.15, -0.1) is 0 Å². The van der Waals surface area contributed by atoms with Crippen molar-refractivity contribution >= 4 is 11.8 Å². The quantitative estimate of drug-likeness (QED) is 0.737. The van der Waals surface area contributed by atoms with Gasteiger partial charge in [-0.3, -0.25) is 4.79 Å². The van der Waals surface area contributed by atoms with E-state index < -0.39 is 5.97 Å². The number of esters is 1. The van der Waals surface area contributed by atoms with E-state index in [0.29, 0.717) is 18.4 Å². The summed E-state index contributed by atoms with van der Waals surface area (Å²) in [5.41, 5.74) is 0.585. The summed E-state index contributed by atoms with van der Waals surface area (Å²) in [5, 5.41) is 3.71. The smallest absolute Gasteiger partial charge is 0.377 e. The van der Waals surface area contributed by atoms with Crippen LogP contribution >= 0.6 is 0 Å². The molecule has 0 unspecified atom stereocenters. The zero-order valence-electron chi connectivity index (χ0n) is 10.2. The Morgan fingerprint density at radius 1 is 1.53 bits per heavy atom. The number of ketones is 1. The third-order valence-corrected chi connectivity index (χ3v) is 3.07. The van der Waals surface area contributed by atoms with Gasteiger partial charge < -0.3 is 9.26 Å². The number of carbonyl (C=O) groups is 2. The predicted molar refractivity (Wildman–Crippen MR) is 59.1 cm³/mol. The third-order valence-electron chi connectivity index (χ3n) is 3.07. The number of aromatic nitrogens is 1. The maximum Gasteiger partial charge on any atom is 0.377 e. The fourth-order valence-electron chi connectivity index (χ4n) is 2.11. The molecule has 0 aromatic carbocycles. The van der Waals surface area contributed by atoms with Crippen molar-refractivity contribution in [3.05, 3.63) is 17.0 Å². The predicted octanol–water partition coefficient (Wildman–Crippen LogP) is 2.11. The van der Waals surface area contributed by atoms with E-state index in [1.807, 2.05) is 13.8 Å². The van der Waals surface area contributed by atoms with Gasteiger partial charge in [-0.1, -0.05) is 19.0 Å². The van der Waals surface area contributed by atoms with Crippen molar-refractivity contribution in [3.8, 4) is 0 Å². The maximum atomic E-state index is 11.7. The first-order valence-electron chi connectivity index (χ1n) is 5.68. The van der Waals surface area contributed by atoms with Crippen LogP contribution in [0.3, 0.4) is 0 Å². The molecular weight excluding hydrogens is 222 g/mol. The molecule has 0 N–H and O–H groups in total. The number of hydrogen-bond acceptors (Lipinski definition) is 5. The monoisotopic (exact) mass is 237 g/mol. The lowest BCUT2D eigenvalue weighted by atomic mass is 9.74. The summed E-state index contributed by atoms with van der Waals surface area (Å²) in [5.74, 6) is -0.553. The highest BCUT2D eigenvalue weighted by atomic mass is 16.6. The molecule has 17 heavy (non-hydrogen) atoms. The van der Waals surface area contributed by atoms with Crippen LogP contribution in [0.5, 0.6) is 0 Å². The third kappa shape index (κ3) is 1.85. The molecule has 0 spiro atoms. The zero-order valence-corrected chi connectivity index (χ0v) is 10.2. The average molecular weight is 237 g/mol. The first-order chi connectivity index (χ1) is 7.97. The van der Waals surface area contributed by atoms with Crippen molar-refractivity contribution in [2.24, 2.45) is 0 Å². The molecule has 92 valence electrons. The first kappa shape index (κ1) is 11.8. The molecule has 0 saturated heterocycles. The number of fused-ring (bicyclic) bond motifs is 1. The van der Waals surface area contributed by atoms with Gasteiger partial charge in [0.25, 0.3) is 0 Å². The van der Waals surface area contributed by atoms with Crippen LogP contribution in [-0.2, 0) is 10.2 Å². The van der Waals surface area contributed by atoms with E-state index in [2.05, 4.69) is 5.16 Å². The second-order valence-corrected chi connectivity index (χ2v) is 4.76. The average Bonchev–Trinajstić information content (AvgIpc) is 2.70. The molecule has 1 aromatic rings. The molecule has 0 amide bonds. The van der Waals surface area contributed by atoms with Crippen molar-refractivity contribution in [3.63, 3.8) is 0 Å². The van der Waals surface area contributed by atoms with E-state index >= 15 is 0 Å². The van der Waals surface area contributed by atoms with Gasteiger partial charge >= 0.3 is 5.97 Å². The molecule has 0 saturated carbocycles. The molecule has 0 atom stereocenters. The summed E-state index contributed by atoms with van der Waals surface area (Å²) in [6.45, 7) is 5.93. The van der Waals surface area contributed by atoms with E-state index in [-0.39, 0.29) is 29.3 Å². The summed E-state index contributed by atoms with van der Waals surface area (Å²) in [4.78, 5) is 23.4. The molecule has 0 bridgehead atoms. The lowest BCUT2D eigenvalue weighted by Gasteiger charge is -2.27. The minimum Gasteiger partial charge on any atom is -0.460 e.